The molecule has 0 aliphatic rings. The zero-order valence-electron chi connectivity index (χ0n) is 7.67. The van der Waals surface area contributed by atoms with Crippen molar-refractivity contribution in [2.45, 2.75) is 0 Å². The zero-order valence-corrected chi connectivity index (χ0v) is 10.0. The number of nitrogen functional groups attached to an aromatic ring is 1. The van der Waals surface area contributed by atoms with E-state index in [4.69, 9.17) is 21.8 Å². The fourth-order valence-electron chi connectivity index (χ4n) is 1.05. The Morgan fingerprint density at radius 1 is 1.44 bits per heavy atom. The Morgan fingerprint density at radius 2 is 2.19 bits per heavy atom. The number of nitrogens with zero attached hydrogens (tertiary/aromatic N) is 2. The number of halogens is 3. The average Bonchev–Trinajstić information content (AvgIpc) is 2.58. The molecular formula is C8H5BrClFN4O. The molecular weight excluding hydrogens is 302 g/mol. The highest BCUT2D eigenvalue weighted by atomic mass is 79.9. The third kappa shape index (κ3) is 2.25. The summed E-state index contributed by atoms with van der Waals surface area (Å²) in [6, 6.07) is 2.42. The van der Waals surface area contributed by atoms with Crippen LogP contribution in [0.4, 0.5) is 22.1 Å². The molecule has 16 heavy (non-hydrogen) atoms. The lowest BCUT2D eigenvalue weighted by atomic mass is 10.3. The highest BCUT2D eigenvalue weighted by Crippen LogP contribution is 2.33. The predicted molar refractivity (Wildman–Crippen MR) is 61.1 cm³/mol. The number of hydrogen-bond donors (Lipinski definition) is 2. The summed E-state index contributed by atoms with van der Waals surface area (Å²) in [5.74, 6) is -0.451. The number of benzene rings is 1. The molecule has 0 saturated heterocycles. The van der Waals surface area contributed by atoms with Gasteiger partial charge in [0.2, 0.25) is 0 Å². The maximum Gasteiger partial charge on any atom is 0.321 e. The van der Waals surface area contributed by atoms with Gasteiger partial charge >= 0.3 is 12.0 Å². The normalized spacial score (nSPS) is 10.4. The molecule has 0 amide bonds. The molecule has 2 aromatic rings. The van der Waals surface area contributed by atoms with Crippen molar-refractivity contribution in [1.82, 2.24) is 10.2 Å². The first-order chi connectivity index (χ1) is 7.56. The molecule has 1 aromatic heterocycles. The van der Waals surface area contributed by atoms with E-state index in [-0.39, 0.29) is 17.1 Å². The largest absolute Gasteiger partial charge is 0.389 e. The van der Waals surface area contributed by atoms with E-state index < -0.39 is 5.82 Å². The molecule has 5 nitrogen and oxygen atoms in total. The molecule has 2 rings (SSSR count). The van der Waals surface area contributed by atoms with Crippen molar-refractivity contribution in [2.24, 2.45) is 0 Å². The van der Waals surface area contributed by atoms with E-state index in [1.165, 1.54) is 6.07 Å². The summed E-state index contributed by atoms with van der Waals surface area (Å²) < 4.78 is 18.3. The molecule has 0 fully saturated rings. The highest BCUT2D eigenvalue weighted by Gasteiger charge is 2.11. The van der Waals surface area contributed by atoms with Gasteiger partial charge in [0.15, 0.2) is 0 Å². The number of nitrogens with two attached hydrogens (primary N) is 1. The van der Waals surface area contributed by atoms with Crippen molar-refractivity contribution in [3.8, 4) is 0 Å². The van der Waals surface area contributed by atoms with Gasteiger partial charge in [0, 0.05) is 4.47 Å². The predicted octanol–water partition coefficient (Wildman–Crippen LogP) is 2.95. The van der Waals surface area contributed by atoms with Crippen LogP contribution in [0, 0.1) is 5.82 Å². The minimum Gasteiger partial charge on any atom is -0.389 e. The van der Waals surface area contributed by atoms with Gasteiger partial charge in [-0.25, -0.2) is 4.39 Å². The van der Waals surface area contributed by atoms with Gasteiger partial charge in [-0.1, -0.05) is 21.8 Å². The average molecular weight is 308 g/mol. The van der Waals surface area contributed by atoms with Gasteiger partial charge in [0.05, 0.1) is 10.7 Å². The number of nitrogens with one attached hydrogen (secondary N) is 1. The second kappa shape index (κ2) is 4.26. The molecule has 8 heteroatoms. The highest BCUT2D eigenvalue weighted by molar-refractivity contribution is 9.10. The Hall–Kier alpha value is -1.34. The first-order valence-corrected chi connectivity index (χ1v) is 5.24. The maximum absolute atomic E-state index is 12.9. The minimum absolute atomic E-state index is 0.0724. The molecule has 0 unspecified atom stereocenters. The van der Waals surface area contributed by atoms with Crippen molar-refractivity contribution in [2.75, 3.05) is 11.1 Å². The van der Waals surface area contributed by atoms with Crippen LogP contribution in [-0.4, -0.2) is 10.2 Å². The third-order valence-electron chi connectivity index (χ3n) is 1.68. The minimum atomic E-state index is -0.451. The summed E-state index contributed by atoms with van der Waals surface area (Å²) in [7, 11) is 0. The zero-order chi connectivity index (χ0) is 11.7. The van der Waals surface area contributed by atoms with E-state index in [9.17, 15) is 4.39 Å². The summed E-state index contributed by atoms with van der Waals surface area (Å²) in [6.07, 6.45) is 0. The number of hydrogen-bond acceptors (Lipinski definition) is 5. The Labute approximate surface area is 103 Å². The van der Waals surface area contributed by atoms with Gasteiger partial charge in [-0.05, 0) is 28.1 Å². The van der Waals surface area contributed by atoms with E-state index in [1.54, 1.807) is 0 Å². The summed E-state index contributed by atoms with van der Waals surface area (Å²) in [5.41, 5.74) is 5.67. The van der Waals surface area contributed by atoms with Crippen molar-refractivity contribution < 1.29 is 8.81 Å². The summed E-state index contributed by atoms with van der Waals surface area (Å²) in [5, 5.41) is 9.95. The number of anilines is 3. The first-order valence-electron chi connectivity index (χ1n) is 4.07. The fourth-order valence-corrected chi connectivity index (χ4v) is 1.95. The Morgan fingerprint density at radius 3 is 2.75 bits per heavy atom. The van der Waals surface area contributed by atoms with Gasteiger partial charge in [0.25, 0.3) is 0 Å². The summed E-state index contributed by atoms with van der Waals surface area (Å²) in [4.78, 5) is 0. The fraction of sp³-hybridized carbons (Fsp3) is 0. The van der Waals surface area contributed by atoms with Crippen molar-refractivity contribution >= 4 is 45.2 Å². The van der Waals surface area contributed by atoms with Gasteiger partial charge in [-0.2, -0.15) is 0 Å². The second-order valence-corrected chi connectivity index (χ2v) is 4.08. The quantitative estimate of drug-likeness (QED) is 0.892. The molecule has 84 valence electrons. The Kier molecular flexibility index (Phi) is 2.97. The van der Waals surface area contributed by atoms with Crippen LogP contribution in [0.3, 0.4) is 0 Å². The van der Waals surface area contributed by atoms with Crippen LogP contribution in [0.25, 0.3) is 0 Å². The molecule has 0 spiro atoms. The smallest absolute Gasteiger partial charge is 0.321 e. The van der Waals surface area contributed by atoms with E-state index in [0.29, 0.717) is 10.2 Å². The summed E-state index contributed by atoms with van der Waals surface area (Å²) >= 11 is 8.99. The van der Waals surface area contributed by atoms with Crippen LogP contribution < -0.4 is 11.1 Å². The molecule has 3 N–H and O–H groups in total. The number of rotatable bonds is 2. The molecule has 1 aromatic carbocycles. The standard InChI is InChI=1S/C8H5BrClFN4O/c9-4-1-3(11)2-5(10)6(4)13-8-15-14-7(12)16-8/h1-2H,(H2,12,14)(H,13,15). The van der Waals surface area contributed by atoms with Gasteiger partial charge in [-0.15, -0.1) is 0 Å². The van der Waals surface area contributed by atoms with Gasteiger partial charge < -0.3 is 15.5 Å². The molecule has 0 radical (unpaired) electrons. The lowest BCUT2D eigenvalue weighted by Gasteiger charge is -2.06. The monoisotopic (exact) mass is 306 g/mol. The maximum atomic E-state index is 12.9. The molecule has 0 aliphatic carbocycles. The Balaban J connectivity index is 2.34. The molecule has 0 saturated carbocycles. The van der Waals surface area contributed by atoms with Crippen LogP contribution in [0.1, 0.15) is 0 Å². The molecule has 0 bridgehead atoms. The van der Waals surface area contributed by atoms with E-state index in [2.05, 4.69) is 31.4 Å². The van der Waals surface area contributed by atoms with Gasteiger partial charge in [0.1, 0.15) is 5.82 Å². The molecule has 0 atom stereocenters. The third-order valence-corrected chi connectivity index (χ3v) is 2.60. The van der Waals surface area contributed by atoms with Crippen molar-refractivity contribution in [3.63, 3.8) is 0 Å². The van der Waals surface area contributed by atoms with Crippen LogP contribution in [-0.2, 0) is 0 Å². The lowest BCUT2D eigenvalue weighted by Crippen LogP contribution is -1.93. The number of aromatic nitrogens is 2. The molecule has 1 heterocycles. The van der Waals surface area contributed by atoms with Crippen LogP contribution in [0.15, 0.2) is 21.0 Å². The Bertz CT molecular complexity index is 510. The van der Waals surface area contributed by atoms with E-state index >= 15 is 0 Å². The topological polar surface area (TPSA) is 77.0 Å². The van der Waals surface area contributed by atoms with Crippen LogP contribution >= 0.6 is 27.5 Å². The van der Waals surface area contributed by atoms with Crippen molar-refractivity contribution in [1.29, 1.82) is 0 Å². The van der Waals surface area contributed by atoms with Crippen molar-refractivity contribution in [3.05, 3.63) is 27.4 Å². The lowest BCUT2D eigenvalue weighted by molar-refractivity contribution is 0.593. The summed E-state index contributed by atoms with van der Waals surface area (Å²) in [6.45, 7) is 0. The van der Waals surface area contributed by atoms with Crippen LogP contribution in [0.2, 0.25) is 5.02 Å². The second-order valence-electron chi connectivity index (χ2n) is 2.81. The van der Waals surface area contributed by atoms with Gasteiger partial charge in [-0.3, -0.25) is 0 Å². The van der Waals surface area contributed by atoms with E-state index in [1.807, 2.05) is 0 Å². The van der Waals surface area contributed by atoms with Crippen LogP contribution in [0.5, 0.6) is 0 Å². The van der Waals surface area contributed by atoms with E-state index in [0.717, 1.165) is 6.07 Å². The molecule has 0 aliphatic heterocycles. The SMILES string of the molecule is Nc1nnc(Nc2c(Cl)cc(F)cc2Br)o1. The first kappa shape index (κ1) is 11.2.